The Bertz CT molecular complexity index is 1020. The van der Waals surface area contributed by atoms with Crippen molar-refractivity contribution in [3.63, 3.8) is 0 Å². The van der Waals surface area contributed by atoms with E-state index in [9.17, 15) is 0 Å². The van der Waals surface area contributed by atoms with Crippen LogP contribution in [0.15, 0.2) is 31.9 Å². The summed E-state index contributed by atoms with van der Waals surface area (Å²) in [4.78, 5) is 4.62. The molecule has 1 unspecified atom stereocenters. The van der Waals surface area contributed by atoms with Crippen LogP contribution in [0, 0.1) is 13.8 Å². The van der Waals surface area contributed by atoms with Crippen LogP contribution in [0.3, 0.4) is 0 Å². The summed E-state index contributed by atoms with van der Waals surface area (Å²) in [7, 11) is 1.69. The lowest BCUT2D eigenvalue weighted by Gasteiger charge is -2.23. The summed E-state index contributed by atoms with van der Waals surface area (Å²) in [6, 6.07) is 0.878. The number of ether oxygens (including phenoxy) is 1. The van der Waals surface area contributed by atoms with Crippen LogP contribution in [0.25, 0.3) is 0 Å². The monoisotopic (exact) mass is 439 g/mol. The molecule has 5 rings (SSSR count). The number of hydrazone groups is 2. The molecule has 1 fully saturated rings. The highest BCUT2D eigenvalue weighted by molar-refractivity contribution is 7.98. The van der Waals surface area contributed by atoms with E-state index in [1.807, 2.05) is 20.0 Å². The summed E-state index contributed by atoms with van der Waals surface area (Å²) in [5.74, 6) is 2.16. The van der Waals surface area contributed by atoms with Crippen molar-refractivity contribution in [1.29, 1.82) is 0 Å². The fraction of sp³-hybridized carbons (Fsp3) is 0.545. The molecule has 4 aliphatic rings. The minimum absolute atomic E-state index is 0.287. The second-order valence-electron chi connectivity index (χ2n) is 8.63. The van der Waals surface area contributed by atoms with Crippen molar-refractivity contribution in [3.8, 4) is 5.75 Å². The highest BCUT2D eigenvalue weighted by atomic mass is 32.2. The number of hydrogen-bond acceptors (Lipinski definition) is 9. The molecule has 0 spiro atoms. The number of pyridine rings is 1. The molecular formula is C22H29N7OS. The smallest absolute Gasteiger partial charge is 0.160 e. The molecule has 3 heterocycles. The summed E-state index contributed by atoms with van der Waals surface area (Å²) in [6.07, 6.45) is 7.84. The quantitative estimate of drug-likeness (QED) is 0.684. The average Bonchev–Trinajstić information content (AvgIpc) is 3.34. The largest absolute Gasteiger partial charge is 0.496 e. The van der Waals surface area contributed by atoms with E-state index in [0.717, 1.165) is 51.7 Å². The van der Waals surface area contributed by atoms with E-state index < -0.39 is 0 Å². The highest BCUT2D eigenvalue weighted by Crippen LogP contribution is 2.35. The van der Waals surface area contributed by atoms with Crippen LogP contribution in [-0.2, 0) is 6.54 Å². The zero-order valence-electron chi connectivity index (χ0n) is 18.3. The summed E-state index contributed by atoms with van der Waals surface area (Å²) in [5, 5.41) is 15.3. The van der Waals surface area contributed by atoms with E-state index in [1.54, 1.807) is 12.2 Å². The predicted octanol–water partition coefficient (Wildman–Crippen LogP) is 2.85. The van der Waals surface area contributed by atoms with Gasteiger partial charge in [0.1, 0.15) is 18.0 Å². The molecule has 1 aromatic rings. The van der Waals surface area contributed by atoms with Crippen LogP contribution in [-0.4, -0.2) is 52.3 Å². The zero-order valence-corrected chi connectivity index (χ0v) is 19.1. The number of amidine groups is 1. The van der Waals surface area contributed by atoms with Crippen LogP contribution in [0.5, 0.6) is 5.75 Å². The van der Waals surface area contributed by atoms with Gasteiger partial charge in [0.25, 0.3) is 0 Å². The lowest BCUT2D eigenvalue weighted by Crippen LogP contribution is -2.37. The maximum Gasteiger partial charge on any atom is 0.160 e. The Labute approximate surface area is 187 Å². The molecule has 3 N–H and O–H groups in total. The fourth-order valence-corrected chi connectivity index (χ4v) is 5.80. The first-order valence-corrected chi connectivity index (χ1v) is 11.9. The standard InChI is InChI=1S/C22H29N7OS/c1-12-9-24-18(13(2)21(12)30-3)10-29-26-17-8-16(25-14-6-4-5-7-14)15-11-31-28-22(23)20(27-29)19(15)17/h9,14,16,25H,4-8,10-11H2,1-3H3,(H2,23,28). The van der Waals surface area contributed by atoms with Gasteiger partial charge in [0, 0.05) is 47.2 Å². The zero-order chi connectivity index (χ0) is 21.5. The van der Waals surface area contributed by atoms with E-state index in [2.05, 4.69) is 14.7 Å². The van der Waals surface area contributed by atoms with Crippen molar-refractivity contribution < 1.29 is 4.74 Å². The molecule has 164 valence electrons. The highest BCUT2D eigenvalue weighted by Gasteiger charge is 2.39. The van der Waals surface area contributed by atoms with Gasteiger partial charge in [0.05, 0.1) is 18.5 Å². The van der Waals surface area contributed by atoms with E-state index in [1.165, 1.54) is 43.2 Å². The van der Waals surface area contributed by atoms with Crippen molar-refractivity contribution in [2.45, 2.75) is 64.6 Å². The average molecular weight is 440 g/mol. The summed E-state index contributed by atoms with van der Waals surface area (Å²) in [6.45, 7) is 4.48. The second-order valence-corrected chi connectivity index (χ2v) is 9.36. The lowest BCUT2D eigenvalue weighted by atomic mass is 10.0. The Kier molecular flexibility index (Phi) is 5.47. The molecule has 0 aromatic carbocycles. The number of nitrogens with zero attached hydrogens (tertiary/aromatic N) is 5. The number of methoxy groups -OCH3 is 1. The van der Waals surface area contributed by atoms with Crippen molar-refractivity contribution >= 4 is 29.2 Å². The van der Waals surface area contributed by atoms with Gasteiger partial charge in [-0.15, -0.1) is 0 Å². The number of aromatic nitrogens is 1. The first kappa shape index (κ1) is 20.5. The minimum atomic E-state index is 0.287. The third kappa shape index (κ3) is 3.74. The van der Waals surface area contributed by atoms with Crippen LogP contribution in [0.4, 0.5) is 0 Å². The SMILES string of the molecule is COc1c(C)cnc(CN2N=C3CC(NC4CCCC4)C4=C3C(=N2)C(N)=NSC4)c1C. The molecule has 1 saturated carbocycles. The molecule has 1 aromatic heterocycles. The Hall–Kier alpha value is -2.39. The Balaban J connectivity index is 1.46. The van der Waals surface area contributed by atoms with Crippen molar-refractivity contribution in [2.75, 3.05) is 12.9 Å². The Morgan fingerprint density at radius 1 is 1.26 bits per heavy atom. The van der Waals surface area contributed by atoms with E-state index in [0.29, 0.717) is 18.4 Å². The van der Waals surface area contributed by atoms with Gasteiger partial charge in [-0.1, -0.05) is 12.8 Å². The normalized spacial score (nSPS) is 23.4. The van der Waals surface area contributed by atoms with Crippen LogP contribution < -0.4 is 15.8 Å². The van der Waals surface area contributed by atoms with Crippen molar-refractivity contribution in [3.05, 3.63) is 34.2 Å². The summed E-state index contributed by atoms with van der Waals surface area (Å²) >= 11 is 1.51. The number of rotatable bonds is 5. The molecule has 8 nitrogen and oxygen atoms in total. The third-order valence-corrected chi connectivity index (χ3v) is 7.34. The molecule has 9 heteroatoms. The number of hydrogen-bond donors (Lipinski definition) is 2. The molecule has 0 amide bonds. The molecule has 1 atom stereocenters. The number of nitrogens with two attached hydrogens (primary N) is 1. The van der Waals surface area contributed by atoms with Gasteiger partial charge in [-0.05, 0) is 44.2 Å². The van der Waals surface area contributed by atoms with Crippen LogP contribution >= 0.6 is 11.9 Å². The molecular weight excluding hydrogens is 410 g/mol. The van der Waals surface area contributed by atoms with E-state index in [4.69, 9.17) is 20.7 Å². The first-order chi connectivity index (χ1) is 15.0. The fourth-order valence-electron chi connectivity index (χ4n) is 5.02. The van der Waals surface area contributed by atoms with Gasteiger partial charge >= 0.3 is 0 Å². The van der Waals surface area contributed by atoms with E-state index >= 15 is 0 Å². The number of nitrogens with one attached hydrogen (secondary N) is 1. The maximum atomic E-state index is 6.33. The third-order valence-electron chi connectivity index (χ3n) is 6.57. The topological polar surface area (TPSA) is 100 Å². The molecule has 0 bridgehead atoms. The van der Waals surface area contributed by atoms with Gasteiger partial charge < -0.3 is 15.8 Å². The summed E-state index contributed by atoms with van der Waals surface area (Å²) < 4.78 is 10.0. The lowest BCUT2D eigenvalue weighted by molar-refractivity contribution is 0.288. The Morgan fingerprint density at radius 2 is 2.06 bits per heavy atom. The Morgan fingerprint density at radius 3 is 2.84 bits per heavy atom. The van der Waals surface area contributed by atoms with Gasteiger partial charge in [0.15, 0.2) is 5.84 Å². The van der Waals surface area contributed by atoms with E-state index in [-0.39, 0.29) is 6.04 Å². The predicted molar refractivity (Wildman–Crippen MR) is 126 cm³/mol. The van der Waals surface area contributed by atoms with Crippen LogP contribution in [0.2, 0.25) is 0 Å². The van der Waals surface area contributed by atoms with Gasteiger partial charge in [-0.25, -0.2) is 0 Å². The molecule has 2 aliphatic heterocycles. The minimum Gasteiger partial charge on any atom is -0.496 e. The molecule has 0 saturated heterocycles. The first-order valence-electron chi connectivity index (χ1n) is 10.9. The van der Waals surface area contributed by atoms with Crippen molar-refractivity contribution in [1.82, 2.24) is 15.4 Å². The molecule has 31 heavy (non-hydrogen) atoms. The molecule has 2 aliphatic carbocycles. The number of aryl methyl sites for hydroxylation is 1. The second kappa shape index (κ2) is 8.27. The molecule has 0 radical (unpaired) electrons. The van der Waals surface area contributed by atoms with Gasteiger partial charge in [-0.2, -0.15) is 19.7 Å². The maximum absolute atomic E-state index is 6.33. The van der Waals surface area contributed by atoms with Gasteiger partial charge in [-0.3, -0.25) is 4.98 Å². The van der Waals surface area contributed by atoms with Crippen LogP contribution in [0.1, 0.15) is 48.9 Å². The van der Waals surface area contributed by atoms with Gasteiger partial charge in [0.2, 0.25) is 0 Å². The van der Waals surface area contributed by atoms with Crippen molar-refractivity contribution in [2.24, 2.45) is 20.3 Å². The summed E-state index contributed by atoms with van der Waals surface area (Å²) in [5.41, 5.74) is 13.5.